The standard InChI is InChI=1S/C57H51N3OPS2/c1-8-58-48-27-26-47(45-16-12-13-17-46(45)48)53-56-49(32-51(63-56)40-18-22-42(23-19-40)59-54-36(4)28-34(2)29-37(54)5)62(61,44-14-10-9-11-15-44)50-33-52(64-57(50)53)41-20-24-43(25-21-41)60-55-38(6)30-35(3)31-39(55)7/h9-33,58-60H,8H2,1-7H3/q+1. The lowest BCUT2D eigenvalue weighted by atomic mass is 9.90. The van der Waals surface area contributed by atoms with Gasteiger partial charge in [-0.1, -0.05) is 90.0 Å². The van der Waals surface area contributed by atoms with Crippen LogP contribution in [0.25, 0.3) is 31.7 Å². The molecule has 1 aliphatic rings. The van der Waals surface area contributed by atoms with Gasteiger partial charge in [0.05, 0.1) is 33.2 Å². The Labute approximate surface area is 385 Å². The second kappa shape index (κ2) is 16.7. The zero-order chi connectivity index (χ0) is 44.3. The molecule has 0 saturated heterocycles. The lowest BCUT2D eigenvalue weighted by Gasteiger charge is -2.25. The number of aryl methyl sites for hydroxylation is 6. The normalized spacial score (nSPS) is 12.8. The Morgan fingerprint density at radius 1 is 0.516 bits per heavy atom. The van der Waals surface area contributed by atoms with E-state index in [4.69, 9.17) is 0 Å². The van der Waals surface area contributed by atoms with Gasteiger partial charge in [0.2, 0.25) is 7.14 Å². The third kappa shape index (κ3) is 7.34. The summed E-state index contributed by atoms with van der Waals surface area (Å²) in [6, 6.07) is 54.1. The molecule has 0 amide bonds. The van der Waals surface area contributed by atoms with Crippen LogP contribution in [-0.2, 0) is 4.57 Å². The van der Waals surface area contributed by atoms with Gasteiger partial charge in [-0.25, -0.2) is 0 Å². The van der Waals surface area contributed by atoms with Crippen molar-refractivity contribution in [1.29, 1.82) is 0 Å². The summed E-state index contributed by atoms with van der Waals surface area (Å²) in [6.45, 7) is 15.9. The van der Waals surface area contributed by atoms with Crippen LogP contribution >= 0.6 is 29.8 Å². The highest BCUT2D eigenvalue weighted by Gasteiger charge is 2.51. The minimum absolute atomic E-state index is 0.828. The van der Waals surface area contributed by atoms with Crippen LogP contribution in [0, 0.1) is 47.5 Å². The Morgan fingerprint density at radius 2 is 0.969 bits per heavy atom. The number of hydrogen-bond acceptors (Lipinski definition) is 6. The van der Waals surface area contributed by atoms with Crippen molar-refractivity contribution in [3.8, 4) is 20.9 Å². The van der Waals surface area contributed by atoms with Gasteiger partial charge >= 0.3 is 0 Å². The molecule has 4 nitrogen and oxygen atoms in total. The Hall–Kier alpha value is -6.30. The fourth-order valence-corrected chi connectivity index (χ4v) is 16.0. The number of hydrogen-bond donors (Lipinski definition) is 3. The van der Waals surface area contributed by atoms with E-state index in [2.05, 4.69) is 198 Å². The Kier molecular flexibility index (Phi) is 10.9. The number of fused-ring (bicyclic) bond motifs is 3. The molecule has 0 radical (unpaired) electrons. The van der Waals surface area contributed by atoms with Crippen molar-refractivity contribution in [3.05, 3.63) is 206 Å². The summed E-state index contributed by atoms with van der Waals surface area (Å²) in [4.78, 5) is 4.33. The minimum atomic E-state index is -3.36. The summed E-state index contributed by atoms with van der Waals surface area (Å²) < 4.78 is 16.6. The maximum Gasteiger partial charge on any atom is 0.232 e. The van der Waals surface area contributed by atoms with Crippen molar-refractivity contribution in [1.82, 2.24) is 0 Å². The van der Waals surface area contributed by atoms with E-state index in [1.165, 1.54) is 44.2 Å². The van der Waals surface area contributed by atoms with Crippen LogP contribution in [0.3, 0.4) is 0 Å². The molecule has 0 bridgehead atoms. The highest BCUT2D eigenvalue weighted by molar-refractivity contribution is 7.86. The van der Waals surface area contributed by atoms with Crippen molar-refractivity contribution in [3.63, 3.8) is 0 Å². The van der Waals surface area contributed by atoms with E-state index in [-0.39, 0.29) is 0 Å². The highest BCUT2D eigenvalue weighted by Crippen LogP contribution is 2.58. The Bertz CT molecular complexity index is 3070. The minimum Gasteiger partial charge on any atom is -0.384 e. The quantitative estimate of drug-likeness (QED) is 0.0946. The molecule has 0 aliphatic carbocycles. The molecule has 3 N–H and O–H groups in total. The van der Waals surface area contributed by atoms with Gasteiger partial charge in [0.25, 0.3) is 0 Å². The molecule has 0 fully saturated rings. The average molecular weight is 889 g/mol. The molecule has 0 saturated carbocycles. The molecule has 7 heteroatoms. The number of nitrogens with one attached hydrogen (secondary N) is 3. The van der Waals surface area contributed by atoms with Crippen LogP contribution in [-0.4, -0.2) is 6.54 Å². The van der Waals surface area contributed by atoms with E-state index in [0.717, 1.165) is 93.0 Å². The highest BCUT2D eigenvalue weighted by atomic mass is 32.1. The maximum atomic E-state index is 16.6. The van der Waals surface area contributed by atoms with Gasteiger partial charge in [0, 0.05) is 67.9 Å². The maximum absolute atomic E-state index is 16.6. The number of anilines is 5. The topological polar surface area (TPSA) is 53.2 Å². The first-order chi connectivity index (χ1) is 31.0. The molecule has 3 heterocycles. The molecule has 1 aliphatic heterocycles. The second-order valence-corrected chi connectivity index (χ2v) is 22.0. The van der Waals surface area contributed by atoms with Crippen molar-refractivity contribution in [2.24, 2.45) is 0 Å². The van der Waals surface area contributed by atoms with Crippen LogP contribution in [0.4, 0.5) is 28.4 Å². The molecule has 0 unspecified atom stereocenters. The fourth-order valence-electron chi connectivity index (χ4n) is 9.61. The smallest absolute Gasteiger partial charge is 0.232 e. The van der Waals surface area contributed by atoms with Crippen LogP contribution in [0.2, 0.25) is 0 Å². The molecule has 316 valence electrons. The molecule has 10 rings (SSSR count). The monoisotopic (exact) mass is 888 g/mol. The molecule has 0 atom stereocenters. The van der Waals surface area contributed by atoms with Crippen molar-refractivity contribution < 1.29 is 4.57 Å². The first-order valence-electron chi connectivity index (χ1n) is 22.0. The third-order valence-corrected chi connectivity index (χ3v) is 18.3. The SMILES string of the molecule is CCNc1ccc([C+]2c3sc(-c4ccc(Nc5c(C)cc(C)cc5C)cc4)cc3P(=O)(c3ccccc3)c3cc(-c4ccc(Nc5c(C)cc(C)cc5C)cc4)sc32)c2ccccc12. The first kappa shape index (κ1) is 41.7. The van der Waals surface area contributed by atoms with Gasteiger partial charge in [0.1, 0.15) is 9.75 Å². The lowest BCUT2D eigenvalue weighted by Crippen LogP contribution is -2.33. The van der Waals surface area contributed by atoms with Crippen molar-refractivity contribution in [2.45, 2.75) is 48.5 Å². The third-order valence-electron chi connectivity index (χ3n) is 12.5. The summed E-state index contributed by atoms with van der Waals surface area (Å²) >= 11 is 3.51. The van der Waals surface area contributed by atoms with Crippen LogP contribution in [0.15, 0.2) is 152 Å². The number of rotatable bonds is 10. The van der Waals surface area contributed by atoms with Gasteiger partial charge in [0.15, 0.2) is 0 Å². The van der Waals surface area contributed by atoms with Crippen LogP contribution in [0.5, 0.6) is 0 Å². The summed E-state index contributed by atoms with van der Waals surface area (Å²) in [5, 5.41) is 16.0. The number of benzene rings is 7. The van der Waals surface area contributed by atoms with Gasteiger partial charge < -0.3 is 16.0 Å². The van der Waals surface area contributed by atoms with Crippen molar-refractivity contribution >= 4 is 84.9 Å². The van der Waals surface area contributed by atoms with Gasteiger partial charge in [-0.2, -0.15) is 0 Å². The Balaban J connectivity index is 1.12. The summed E-state index contributed by atoms with van der Waals surface area (Å²) in [5.41, 5.74) is 16.3. The van der Waals surface area contributed by atoms with Crippen LogP contribution < -0.4 is 31.9 Å². The molecule has 2 aromatic heterocycles. The lowest BCUT2D eigenvalue weighted by molar-refractivity contribution is 0.592. The van der Waals surface area contributed by atoms with Crippen LogP contribution in [0.1, 0.15) is 55.6 Å². The van der Waals surface area contributed by atoms with Gasteiger partial charge in [-0.3, -0.25) is 4.57 Å². The predicted octanol–water partition coefficient (Wildman–Crippen LogP) is 15.0. The first-order valence-corrected chi connectivity index (χ1v) is 25.3. The fraction of sp³-hybridized carbons (Fsp3) is 0.140. The molecule has 7 aromatic carbocycles. The number of thiophene rings is 2. The predicted molar refractivity (Wildman–Crippen MR) is 279 cm³/mol. The van der Waals surface area contributed by atoms with E-state index in [0.29, 0.717) is 0 Å². The van der Waals surface area contributed by atoms with E-state index in [9.17, 15) is 0 Å². The summed E-state index contributed by atoms with van der Waals surface area (Å²) in [7, 11) is -3.36. The van der Waals surface area contributed by atoms with E-state index >= 15 is 4.57 Å². The molecule has 9 aromatic rings. The van der Waals surface area contributed by atoms with E-state index in [1.54, 1.807) is 22.7 Å². The molecule has 0 spiro atoms. The van der Waals surface area contributed by atoms with Gasteiger partial charge in [-0.05, 0) is 136 Å². The molecule has 64 heavy (non-hydrogen) atoms. The van der Waals surface area contributed by atoms with Gasteiger partial charge in [-0.15, -0.1) is 22.7 Å². The molecular formula is C57H51N3OPS2+. The van der Waals surface area contributed by atoms with Crippen molar-refractivity contribution in [2.75, 3.05) is 22.5 Å². The zero-order valence-electron chi connectivity index (χ0n) is 37.3. The van der Waals surface area contributed by atoms with E-state index < -0.39 is 7.14 Å². The van der Waals surface area contributed by atoms with E-state index in [1.807, 2.05) is 18.2 Å². The average Bonchev–Trinajstić information content (AvgIpc) is 3.95. The summed E-state index contributed by atoms with van der Waals surface area (Å²) in [5.74, 6) is 1.14. The summed E-state index contributed by atoms with van der Waals surface area (Å²) in [6.07, 6.45) is 0. The second-order valence-electron chi connectivity index (χ2n) is 17.2. The largest absolute Gasteiger partial charge is 0.384 e. The molecular weight excluding hydrogens is 838 g/mol. The zero-order valence-corrected chi connectivity index (χ0v) is 39.8. The Morgan fingerprint density at radius 3 is 1.44 bits per heavy atom.